The van der Waals surface area contributed by atoms with Gasteiger partial charge >= 0.3 is 0 Å². The van der Waals surface area contributed by atoms with Crippen molar-refractivity contribution in [3.63, 3.8) is 0 Å². The maximum atomic E-state index is 13.1. The van der Waals surface area contributed by atoms with Gasteiger partial charge < -0.3 is 10.2 Å². The Balaban J connectivity index is 1.53. The van der Waals surface area contributed by atoms with E-state index in [9.17, 15) is 4.79 Å². The summed E-state index contributed by atoms with van der Waals surface area (Å²) in [6.45, 7) is 3.15. The lowest BCUT2D eigenvalue weighted by Gasteiger charge is -2.27. The van der Waals surface area contributed by atoms with Crippen molar-refractivity contribution in [1.29, 1.82) is 0 Å². The fourth-order valence-electron chi connectivity index (χ4n) is 3.86. The third kappa shape index (κ3) is 3.45. The van der Waals surface area contributed by atoms with Crippen LogP contribution in [-0.4, -0.2) is 35.4 Å². The molecule has 2 aromatic rings. The zero-order chi connectivity index (χ0) is 17.1. The van der Waals surface area contributed by atoms with Crippen LogP contribution in [0.3, 0.4) is 0 Å². The fourth-order valence-corrected chi connectivity index (χ4v) is 3.86. The van der Waals surface area contributed by atoms with Gasteiger partial charge in [0.15, 0.2) is 0 Å². The average molecular weight is 335 g/mol. The number of hydrogen-bond acceptors (Lipinski definition) is 3. The summed E-state index contributed by atoms with van der Waals surface area (Å²) in [4.78, 5) is 19.8. The zero-order valence-electron chi connectivity index (χ0n) is 14.5. The van der Waals surface area contributed by atoms with Gasteiger partial charge in [-0.2, -0.15) is 0 Å². The third-order valence-electron chi connectivity index (χ3n) is 5.55. The number of likely N-dealkylation sites (tertiary alicyclic amines) is 1. The van der Waals surface area contributed by atoms with Crippen molar-refractivity contribution in [2.24, 2.45) is 0 Å². The predicted octanol–water partition coefficient (Wildman–Crippen LogP) is 3.07. The Morgan fingerprint density at radius 3 is 2.52 bits per heavy atom. The van der Waals surface area contributed by atoms with Gasteiger partial charge in [0.2, 0.25) is 5.91 Å². The molecular weight excluding hydrogens is 310 g/mol. The number of carbonyl (C=O) groups excluding carboxylic acids is 1. The molecule has 1 N–H and O–H groups in total. The van der Waals surface area contributed by atoms with Gasteiger partial charge in [-0.1, -0.05) is 36.4 Å². The molecule has 1 aromatic carbocycles. The van der Waals surface area contributed by atoms with Gasteiger partial charge in [-0.15, -0.1) is 0 Å². The largest absolute Gasteiger partial charge is 0.347 e. The lowest BCUT2D eigenvalue weighted by atomic mass is 9.95. The Kier molecular flexibility index (Phi) is 4.53. The molecule has 4 rings (SSSR count). The van der Waals surface area contributed by atoms with E-state index < -0.39 is 0 Å². The number of nitrogens with zero attached hydrogens (tertiary/aromatic N) is 2. The van der Waals surface area contributed by atoms with Crippen molar-refractivity contribution < 1.29 is 4.79 Å². The van der Waals surface area contributed by atoms with E-state index in [1.807, 2.05) is 36.5 Å². The summed E-state index contributed by atoms with van der Waals surface area (Å²) in [6, 6.07) is 14.3. The van der Waals surface area contributed by atoms with E-state index in [4.69, 9.17) is 0 Å². The van der Waals surface area contributed by atoms with Crippen molar-refractivity contribution in [2.45, 2.75) is 37.1 Å². The number of pyridine rings is 1. The molecule has 1 unspecified atom stereocenters. The molecule has 1 saturated heterocycles. The molecule has 1 saturated carbocycles. The molecule has 2 aliphatic rings. The van der Waals surface area contributed by atoms with E-state index in [1.54, 1.807) is 6.20 Å². The minimum absolute atomic E-state index is 0.0425. The smallest absolute Gasteiger partial charge is 0.231 e. The Morgan fingerprint density at radius 1 is 1.12 bits per heavy atom. The van der Waals surface area contributed by atoms with E-state index in [0.717, 1.165) is 38.0 Å². The summed E-state index contributed by atoms with van der Waals surface area (Å²) < 4.78 is 0. The fraction of sp³-hybridized carbons (Fsp3) is 0.429. The number of hydrogen-bond donors (Lipinski definition) is 1. The Labute approximate surface area is 149 Å². The second-order valence-corrected chi connectivity index (χ2v) is 7.27. The quantitative estimate of drug-likeness (QED) is 0.882. The van der Waals surface area contributed by atoms with Crippen LogP contribution < -0.4 is 5.32 Å². The van der Waals surface area contributed by atoms with Crippen molar-refractivity contribution >= 4 is 5.91 Å². The predicted molar refractivity (Wildman–Crippen MR) is 98.1 cm³/mol. The van der Waals surface area contributed by atoms with Crippen molar-refractivity contribution in [1.82, 2.24) is 15.2 Å². The van der Waals surface area contributed by atoms with Crippen LogP contribution in [0.2, 0.25) is 0 Å². The van der Waals surface area contributed by atoms with Crippen LogP contribution in [0.5, 0.6) is 0 Å². The van der Waals surface area contributed by atoms with Gasteiger partial charge in [0.1, 0.15) is 0 Å². The second-order valence-electron chi connectivity index (χ2n) is 7.27. The van der Waals surface area contributed by atoms with Gasteiger partial charge in [0, 0.05) is 18.9 Å². The first-order chi connectivity index (χ1) is 12.3. The first-order valence-electron chi connectivity index (χ1n) is 9.27. The van der Waals surface area contributed by atoms with E-state index in [0.29, 0.717) is 0 Å². The number of nitrogens with one attached hydrogen (secondary N) is 1. The van der Waals surface area contributed by atoms with Gasteiger partial charge in [-0.25, -0.2) is 0 Å². The minimum Gasteiger partial charge on any atom is -0.347 e. The van der Waals surface area contributed by atoms with Crippen LogP contribution >= 0.6 is 0 Å². The molecule has 1 aromatic heterocycles. The molecule has 1 aliphatic carbocycles. The Bertz CT molecular complexity index is 706. The maximum absolute atomic E-state index is 13.1. The number of amides is 1. The highest BCUT2D eigenvalue weighted by Crippen LogP contribution is 2.48. The number of benzene rings is 1. The SMILES string of the molecule is O=C(NC(CN1CCCC1)c1ccccc1)C1(c2cccnc2)CC1. The highest BCUT2D eigenvalue weighted by Gasteiger charge is 2.51. The van der Waals surface area contributed by atoms with Crippen LogP contribution in [0.1, 0.15) is 42.9 Å². The molecule has 0 bridgehead atoms. The molecule has 1 amide bonds. The summed E-state index contributed by atoms with van der Waals surface area (Å²) in [5.41, 5.74) is 1.86. The van der Waals surface area contributed by atoms with Crippen molar-refractivity contribution in [3.05, 3.63) is 66.0 Å². The number of aromatic nitrogens is 1. The molecule has 0 spiro atoms. The third-order valence-corrected chi connectivity index (χ3v) is 5.55. The van der Waals surface area contributed by atoms with Crippen molar-refractivity contribution in [2.75, 3.05) is 19.6 Å². The van der Waals surface area contributed by atoms with E-state index in [-0.39, 0.29) is 17.4 Å². The molecule has 1 aliphatic heterocycles. The summed E-state index contributed by atoms with van der Waals surface area (Å²) >= 11 is 0. The Morgan fingerprint density at radius 2 is 1.88 bits per heavy atom. The van der Waals surface area contributed by atoms with Gasteiger partial charge in [0.25, 0.3) is 0 Å². The zero-order valence-corrected chi connectivity index (χ0v) is 14.5. The first kappa shape index (κ1) is 16.3. The molecule has 1 atom stereocenters. The normalized spacial score (nSPS) is 20.2. The molecule has 2 heterocycles. The van der Waals surface area contributed by atoms with E-state index in [2.05, 4.69) is 27.3 Å². The molecule has 25 heavy (non-hydrogen) atoms. The standard InChI is InChI=1S/C21H25N3O/c25-20(21(10-11-21)18-9-6-12-22-15-18)23-19(16-24-13-4-5-14-24)17-7-2-1-3-8-17/h1-3,6-9,12,15,19H,4-5,10-11,13-14,16H2,(H,23,25). The monoisotopic (exact) mass is 335 g/mol. The molecule has 130 valence electrons. The van der Waals surface area contributed by atoms with Gasteiger partial charge in [-0.3, -0.25) is 9.78 Å². The molecule has 4 heteroatoms. The number of carbonyl (C=O) groups is 1. The van der Waals surface area contributed by atoms with Gasteiger partial charge in [0.05, 0.1) is 11.5 Å². The summed E-state index contributed by atoms with van der Waals surface area (Å²) in [6.07, 6.45) is 7.94. The second kappa shape index (κ2) is 6.96. The molecule has 0 radical (unpaired) electrons. The molecular formula is C21H25N3O. The van der Waals surface area contributed by atoms with Crippen LogP contribution in [0.15, 0.2) is 54.9 Å². The Hall–Kier alpha value is -2.20. The average Bonchev–Trinajstić information content (AvgIpc) is 3.33. The van der Waals surface area contributed by atoms with Crippen LogP contribution in [0, 0.1) is 0 Å². The molecule has 4 nitrogen and oxygen atoms in total. The van der Waals surface area contributed by atoms with Crippen molar-refractivity contribution in [3.8, 4) is 0 Å². The lowest BCUT2D eigenvalue weighted by Crippen LogP contribution is -2.41. The van der Waals surface area contributed by atoms with Crippen LogP contribution in [0.4, 0.5) is 0 Å². The highest BCUT2D eigenvalue weighted by molar-refractivity contribution is 5.91. The van der Waals surface area contributed by atoms with Gasteiger partial charge in [-0.05, 0) is 56.0 Å². The van der Waals surface area contributed by atoms with E-state index in [1.165, 1.54) is 18.4 Å². The number of rotatable bonds is 6. The lowest BCUT2D eigenvalue weighted by molar-refractivity contribution is -0.124. The topological polar surface area (TPSA) is 45.2 Å². The first-order valence-corrected chi connectivity index (χ1v) is 9.27. The highest BCUT2D eigenvalue weighted by atomic mass is 16.2. The van der Waals surface area contributed by atoms with Crippen LogP contribution in [0.25, 0.3) is 0 Å². The van der Waals surface area contributed by atoms with Crippen LogP contribution in [-0.2, 0) is 10.2 Å². The van der Waals surface area contributed by atoms with E-state index >= 15 is 0 Å². The summed E-state index contributed by atoms with van der Waals surface area (Å²) in [7, 11) is 0. The summed E-state index contributed by atoms with van der Waals surface area (Å²) in [5, 5.41) is 3.35. The molecule has 2 fully saturated rings. The maximum Gasteiger partial charge on any atom is 0.231 e. The minimum atomic E-state index is -0.369. The summed E-state index contributed by atoms with van der Waals surface area (Å²) in [5.74, 6) is 0.147.